The number of unbranched alkanes of at least 4 members (excludes halogenated alkanes) is 56. The van der Waals surface area contributed by atoms with Crippen molar-refractivity contribution >= 4 is 11.9 Å². The Kier molecular flexibility index (Phi) is 70.9. The van der Waals surface area contributed by atoms with E-state index in [9.17, 15) is 19.8 Å². The molecule has 0 bridgehead atoms. The molecule has 3 N–H and O–H groups in total. The summed E-state index contributed by atoms with van der Waals surface area (Å²) in [6.07, 6.45) is 93.8. The van der Waals surface area contributed by atoms with Crippen LogP contribution in [0.25, 0.3) is 0 Å². The minimum atomic E-state index is -0.847. The summed E-state index contributed by atoms with van der Waals surface area (Å²) < 4.78 is 5.51. The van der Waals surface area contributed by atoms with Crippen LogP contribution < -0.4 is 5.32 Å². The zero-order valence-corrected chi connectivity index (χ0v) is 56.2. The Morgan fingerprint density at radius 2 is 0.566 bits per heavy atom. The van der Waals surface area contributed by atoms with Gasteiger partial charge in [-0.1, -0.05) is 359 Å². The van der Waals surface area contributed by atoms with Crippen LogP contribution in [0.5, 0.6) is 0 Å². The number of carbonyl (C=O) groups excluding carboxylic acids is 2. The minimum absolute atomic E-state index is 0.0118. The molecule has 83 heavy (non-hydrogen) atoms. The summed E-state index contributed by atoms with van der Waals surface area (Å²) in [5.74, 6) is -0.0540. The van der Waals surface area contributed by atoms with Crippen LogP contribution in [0, 0.1) is 0 Å². The third kappa shape index (κ3) is 69.1. The largest absolute Gasteiger partial charge is 0.466 e. The molecule has 0 aromatic rings. The Hall–Kier alpha value is -1.92. The summed E-state index contributed by atoms with van der Waals surface area (Å²) in [6, 6.07) is -0.631. The number of ether oxygens (including phenoxy) is 1. The van der Waals surface area contributed by atoms with E-state index in [1.54, 1.807) is 6.08 Å². The Morgan fingerprint density at radius 3 is 0.855 bits per heavy atom. The van der Waals surface area contributed by atoms with E-state index in [1.807, 2.05) is 6.08 Å². The van der Waals surface area contributed by atoms with Crippen molar-refractivity contribution in [1.29, 1.82) is 0 Å². The Balaban J connectivity index is 3.41. The first-order valence-electron chi connectivity index (χ1n) is 37.8. The van der Waals surface area contributed by atoms with Gasteiger partial charge in [-0.25, -0.2) is 0 Å². The van der Waals surface area contributed by atoms with E-state index < -0.39 is 12.1 Å². The lowest BCUT2D eigenvalue weighted by Gasteiger charge is -2.20. The highest BCUT2D eigenvalue weighted by molar-refractivity contribution is 5.76. The van der Waals surface area contributed by atoms with Crippen LogP contribution in [0.1, 0.15) is 418 Å². The average Bonchev–Trinajstić information content (AvgIpc) is 3.49. The van der Waals surface area contributed by atoms with Crippen LogP contribution in [0.4, 0.5) is 0 Å². The van der Waals surface area contributed by atoms with Crippen LogP contribution in [0.15, 0.2) is 36.5 Å². The first-order valence-corrected chi connectivity index (χ1v) is 37.8. The van der Waals surface area contributed by atoms with Crippen molar-refractivity contribution < 1.29 is 24.5 Å². The zero-order chi connectivity index (χ0) is 59.9. The van der Waals surface area contributed by atoms with E-state index in [0.29, 0.717) is 19.4 Å². The minimum Gasteiger partial charge on any atom is -0.466 e. The predicted octanol–water partition coefficient (Wildman–Crippen LogP) is 24.7. The van der Waals surface area contributed by atoms with Gasteiger partial charge in [-0.05, 0) is 83.5 Å². The number of carbonyl (C=O) groups is 2. The van der Waals surface area contributed by atoms with Gasteiger partial charge in [0, 0.05) is 12.8 Å². The molecule has 0 aromatic heterocycles. The quantitative estimate of drug-likeness (QED) is 0.0320. The van der Waals surface area contributed by atoms with Crippen molar-refractivity contribution in [3.05, 3.63) is 36.5 Å². The standard InChI is InChI=1S/C77H147NO5/c1-3-5-7-9-11-13-15-17-19-21-23-24-31-34-37-41-45-49-53-57-61-65-69-75(80)74(73-79)78-76(81)70-66-62-58-54-50-46-42-38-35-32-29-27-25-26-28-30-33-36-40-44-48-52-56-60-64-68-72-83-77(82)71-67-63-59-55-51-47-43-39-22-20-18-16-14-12-10-8-6-4-2/h20,22,25,27,65,69,74-75,79-80H,3-19,21,23-24,26,28-64,66-68,70-73H2,1-2H3,(H,78,81)/b22-20-,27-25-,69-65+. The van der Waals surface area contributed by atoms with Gasteiger partial charge in [-0.2, -0.15) is 0 Å². The maximum Gasteiger partial charge on any atom is 0.305 e. The summed E-state index contributed by atoms with van der Waals surface area (Å²) in [4.78, 5) is 24.6. The molecule has 0 heterocycles. The molecular formula is C77H147NO5. The van der Waals surface area contributed by atoms with E-state index in [0.717, 1.165) is 44.9 Å². The second-order valence-electron chi connectivity index (χ2n) is 26.0. The molecule has 0 aliphatic rings. The molecule has 0 saturated carbocycles. The van der Waals surface area contributed by atoms with Crippen molar-refractivity contribution in [2.45, 2.75) is 431 Å². The summed E-state index contributed by atoms with van der Waals surface area (Å²) >= 11 is 0. The zero-order valence-electron chi connectivity index (χ0n) is 56.2. The third-order valence-corrected chi connectivity index (χ3v) is 17.6. The van der Waals surface area contributed by atoms with Crippen molar-refractivity contribution in [2.75, 3.05) is 13.2 Å². The Labute approximate surface area is 519 Å². The molecule has 2 unspecified atom stereocenters. The second kappa shape index (κ2) is 72.6. The molecule has 6 nitrogen and oxygen atoms in total. The van der Waals surface area contributed by atoms with Gasteiger partial charge in [0.05, 0.1) is 25.4 Å². The SMILES string of the molecule is CCCCCCCCC/C=C\CCCCCCCCCC(=O)OCCCCCCCCCCCCCC/C=C\CCCCCCCCCCCCC(=O)NC(CO)C(O)/C=C/CCCCCCCCCCCCCCCCCCCCCC. The summed E-state index contributed by atoms with van der Waals surface area (Å²) in [7, 11) is 0. The number of amides is 1. The van der Waals surface area contributed by atoms with E-state index in [4.69, 9.17) is 4.74 Å². The number of nitrogens with one attached hydrogen (secondary N) is 1. The highest BCUT2D eigenvalue weighted by atomic mass is 16.5. The molecular weight excluding hydrogens is 1020 g/mol. The number of aliphatic hydroxyl groups excluding tert-OH is 2. The molecule has 490 valence electrons. The number of esters is 1. The monoisotopic (exact) mass is 1170 g/mol. The number of rotatable bonds is 71. The van der Waals surface area contributed by atoms with E-state index >= 15 is 0 Å². The van der Waals surface area contributed by atoms with Crippen molar-refractivity contribution in [2.24, 2.45) is 0 Å². The first kappa shape index (κ1) is 81.1. The molecule has 0 aromatic carbocycles. The predicted molar refractivity (Wildman–Crippen MR) is 366 cm³/mol. The molecule has 0 radical (unpaired) electrons. The van der Waals surface area contributed by atoms with Gasteiger partial charge in [0.25, 0.3) is 0 Å². The summed E-state index contributed by atoms with van der Waals surface area (Å²) in [5.41, 5.74) is 0. The van der Waals surface area contributed by atoms with Gasteiger partial charge in [0.2, 0.25) is 5.91 Å². The third-order valence-electron chi connectivity index (χ3n) is 17.6. The molecule has 2 atom stereocenters. The van der Waals surface area contributed by atoms with Crippen molar-refractivity contribution in [3.8, 4) is 0 Å². The van der Waals surface area contributed by atoms with Crippen LogP contribution in [0.3, 0.4) is 0 Å². The van der Waals surface area contributed by atoms with Gasteiger partial charge in [-0.15, -0.1) is 0 Å². The molecule has 6 heteroatoms. The maximum absolute atomic E-state index is 12.5. The molecule has 0 fully saturated rings. The lowest BCUT2D eigenvalue weighted by molar-refractivity contribution is -0.143. The van der Waals surface area contributed by atoms with Crippen molar-refractivity contribution in [1.82, 2.24) is 5.32 Å². The summed E-state index contributed by atoms with van der Waals surface area (Å²) in [6.45, 7) is 4.94. The molecule has 1 amide bonds. The fourth-order valence-corrected chi connectivity index (χ4v) is 11.9. The maximum atomic E-state index is 12.5. The topological polar surface area (TPSA) is 95.9 Å². The number of hydrogen-bond acceptors (Lipinski definition) is 5. The van der Waals surface area contributed by atoms with Crippen LogP contribution in [0.2, 0.25) is 0 Å². The van der Waals surface area contributed by atoms with Gasteiger partial charge < -0.3 is 20.3 Å². The van der Waals surface area contributed by atoms with E-state index in [1.165, 1.54) is 347 Å². The first-order chi connectivity index (χ1) is 41.0. The molecule has 0 saturated heterocycles. The normalized spacial score (nSPS) is 12.7. The van der Waals surface area contributed by atoms with Crippen molar-refractivity contribution in [3.63, 3.8) is 0 Å². The molecule has 0 rings (SSSR count). The number of hydrogen-bond donors (Lipinski definition) is 3. The highest BCUT2D eigenvalue weighted by Crippen LogP contribution is 2.19. The Bertz CT molecular complexity index is 1340. The van der Waals surface area contributed by atoms with E-state index in [2.05, 4.69) is 43.5 Å². The number of allylic oxidation sites excluding steroid dienone is 5. The van der Waals surface area contributed by atoms with Gasteiger partial charge >= 0.3 is 5.97 Å². The van der Waals surface area contributed by atoms with Crippen LogP contribution in [-0.4, -0.2) is 47.4 Å². The fraction of sp³-hybridized carbons (Fsp3) is 0.896. The lowest BCUT2D eigenvalue weighted by atomic mass is 10.0. The van der Waals surface area contributed by atoms with Gasteiger partial charge in [-0.3, -0.25) is 9.59 Å². The highest BCUT2D eigenvalue weighted by Gasteiger charge is 2.18. The fourth-order valence-electron chi connectivity index (χ4n) is 11.9. The van der Waals surface area contributed by atoms with Gasteiger partial charge in [0.15, 0.2) is 0 Å². The smallest absolute Gasteiger partial charge is 0.305 e. The Morgan fingerprint density at radius 1 is 0.325 bits per heavy atom. The average molecular weight is 1170 g/mol. The lowest BCUT2D eigenvalue weighted by Crippen LogP contribution is -2.45. The van der Waals surface area contributed by atoms with E-state index in [-0.39, 0.29) is 18.5 Å². The van der Waals surface area contributed by atoms with Crippen LogP contribution in [-0.2, 0) is 14.3 Å². The molecule has 0 spiro atoms. The number of aliphatic hydroxyl groups is 2. The summed E-state index contributed by atoms with van der Waals surface area (Å²) in [5, 5.41) is 23.3. The van der Waals surface area contributed by atoms with Gasteiger partial charge in [0.1, 0.15) is 0 Å². The van der Waals surface area contributed by atoms with Crippen LogP contribution >= 0.6 is 0 Å². The second-order valence-corrected chi connectivity index (χ2v) is 26.0. The molecule has 0 aliphatic heterocycles. The molecule has 0 aliphatic carbocycles.